The number of benzene rings is 1. The van der Waals surface area contributed by atoms with Gasteiger partial charge in [0.2, 0.25) is 0 Å². The Kier molecular flexibility index (Phi) is 6.86. The Morgan fingerprint density at radius 1 is 1.10 bits per heavy atom. The average molecular weight is 305 g/mol. The van der Waals surface area contributed by atoms with Crippen molar-refractivity contribution < 1.29 is 8.78 Å². The smallest absolute Gasteiger partial charge is 0.126 e. The number of rotatable bonds is 4. The van der Waals surface area contributed by atoms with Gasteiger partial charge in [0.05, 0.1) is 0 Å². The van der Waals surface area contributed by atoms with Crippen molar-refractivity contribution in [3.63, 3.8) is 0 Å². The van der Waals surface area contributed by atoms with Gasteiger partial charge >= 0.3 is 0 Å². The standard InChI is InChI=1S/C15H22F2N2.ClH/c1-11(2)7-15(19-5-3-18-4-6-19)12-8-13(16)10-14(17)9-12;/h8-11,15,18H,3-7H2,1-2H3;1H/t15-;/m1./s1. The number of hydrogen-bond donors (Lipinski definition) is 1. The molecule has 0 aliphatic carbocycles. The molecule has 1 saturated heterocycles. The van der Waals surface area contributed by atoms with E-state index in [2.05, 4.69) is 24.1 Å². The molecule has 1 N–H and O–H groups in total. The largest absolute Gasteiger partial charge is 0.314 e. The van der Waals surface area contributed by atoms with Crippen molar-refractivity contribution >= 4 is 12.4 Å². The van der Waals surface area contributed by atoms with Crippen molar-refractivity contribution in [3.05, 3.63) is 35.4 Å². The Morgan fingerprint density at radius 3 is 2.15 bits per heavy atom. The van der Waals surface area contributed by atoms with Crippen LogP contribution in [0.4, 0.5) is 8.78 Å². The summed E-state index contributed by atoms with van der Waals surface area (Å²) in [5.74, 6) is -0.482. The third-order valence-corrected chi connectivity index (χ3v) is 3.56. The van der Waals surface area contributed by atoms with E-state index in [1.165, 1.54) is 12.1 Å². The minimum Gasteiger partial charge on any atom is -0.314 e. The fourth-order valence-corrected chi connectivity index (χ4v) is 2.70. The molecule has 2 nitrogen and oxygen atoms in total. The Labute approximate surface area is 126 Å². The van der Waals surface area contributed by atoms with Crippen molar-refractivity contribution in [1.29, 1.82) is 0 Å². The van der Waals surface area contributed by atoms with E-state index in [4.69, 9.17) is 0 Å². The second kappa shape index (κ2) is 7.91. The van der Waals surface area contributed by atoms with Crippen LogP contribution in [0.15, 0.2) is 18.2 Å². The Hall–Kier alpha value is -0.710. The molecule has 1 fully saturated rings. The van der Waals surface area contributed by atoms with Crippen molar-refractivity contribution in [3.8, 4) is 0 Å². The first-order chi connectivity index (χ1) is 9.06. The second-order valence-corrected chi connectivity index (χ2v) is 5.63. The molecule has 1 aromatic rings. The lowest BCUT2D eigenvalue weighted by molar-refractivity contribution is 0.153. The molecule has 114 valence electrons. The van der Waals surface area contributed by atoms with E-state index in [0.29, 0.717) is 5.92 Å². The van der Waals surface area contributed by atoms with E-state index in [-0.39, 0.29) is 18.4 Å². The minimum absolute atomic E-state index is 0. The molecule has 0 aromatic heterocycles. The lowest BCUT2D eigenvalue weighted by atomic mass is 9.95. The van der Waals surface area contributed by atoms with Crippen molar-refractivity contribution in [2.24, 2.45) is 5.92 Å². The van der Waals surface area contributed by atoms with Crippen molar-refractivity contribution in [2.75, 3.05) is 26.2 Å². The molecule has 0 radical (unpaired) electrons. The molecule has 1 aliphatic heterocycles. The average Bonchev–Trinajstić information content (AvgIpc) is 2.35. The maximum absolute atomic E-state index is 13.4. The summed E-state index contributed by atoms with van der Waals surface area (Å²) < 4.78 is 26.8. The Bertz CT molecular complexity index is 400. The molecule has 0 amide bonds. The van der Waals surface area contributed by atoms with Crippen LogP contribution in [0.3, 0.4) is 0 Å². The van der Waals surface area contributed by atoms with Crippen LogP contribution in [0, 0.1) is 17.6 Å². The quantitative estimate of drug-likeness (QED) is 0.917. The first kappa shape index (κ1) is 17.3. The van der Waals surface area contributed by atoms with Crippen LogP contribution in [0.1, 0.15) is 31.9 Å². The lowest BCUT2D eigenvalue weighted by Crippen LogP contribution is -2.45. The van der Waals surface area contributed by atoms with Crippen LogP contribution in [-0.2, 0) is 0 Å². The molecule has 0 bridgehead atoms. The van der Waals surface area contributed by atoms with Crippen molar-refractivity contribution in [2.45, 2.75) is 26.3 Å². The molecule has 0 unspecified atom stereocenters. The fourth-order valence-electron chi connectivity index (χ4n) is 2.70. The maximum Gasteiger partial charge on any atom is 0.126 e. The summed E-state index contributed by atoms with van der Waals surface area (Å²) in [5.41, 5.74) is 0.758. The van der Waals surface area contributed by atoms with E-state index in [1.807, 2.05) is 0 Å². The van der Waals surface area contributed by atoms with Crippen molar-refractivity contribution in [1.82, 2.24) is 10.2 Å². The first-order valence-electron chi connectivity index (χ1n) is 6.97. The summed E-state index contributed by atoms with van der Waals surface area (Å²) in [4.78, 5) is 2.32. The van der Waals surface area contributed by atoms with E-state index in [0.717, 1.165) is 44.2 Å². The molecule has 2 rings (SSSR count). The van der Waals surface area contributed by atoms with Gasteiger partial charge in [0.15, 0.2) is 0 Å². The van der Waals surface area contributed by atoms with Crippen LogP contribution in [0.25, 0.3) is 0 Å². The predicted molar refractivity (Wildman–Crippen MR) is 80.2 cm³/mol. The summed E-state index contributed by atoms with van der Waals surface area (Å²) in [7, 11) is 0. The van der Waals surface area contributed by atoms with Gasteiger partial charge in [0.25, 0.3) is 0 Å². The van der Waals surface area contributed by atoms with E-state index < -0.39 is 11.6 Å². The van der Waals surface area contributed by atoms with E-state index in [1.54, 1.807) is 0 Å². The molecule has 20 heavy (non-hydrogen) atoms. The highest BCUT2D eigenvalue weighted by Gasteiger charge is 2.23. The molecular formula is C15H23ClF2N2. The van der Waals surface area contributed by atoms with Gasteiger partial charge in [0.1, 0.15) is 11.6 Å². The number of halogens is 3. The molecule has 1 atom stereocenters. The number of nitrogens with one attached hydrogen (secondary N) is 1. The predicted octanol–water partition coefficient (Wildman–Crippen LogP) is 3.38. The molecular weight excluding hydrogens is 282 g/mol. The highest BCUT2D eigenvalue weighted by molar-refractivity contribution is 5.85. The summed E-state index contributed by atoms with van der Waals surface area (Å²) in [6, 6.07) is 3.98. The normalized spacial score (nSPS) is 17.9. The molecule has 1 heterocycles. The summed E-state index contributed by atoms with van der Waals surface area (Å²) in [6.07, 6.45) is 0.920. The van der Waals surface area contributed by atoms with Gasteiger partial charge in [0, 0.05) is 38.3 Å². The second-order valence-electron chi connectivity index (χ2n) is 5.63. The summed E-state index contributed by atoms with van der Waals surface area (Å²) >= 11 is 0. The fraction of sp³-hybridized carbons (Fsp3) is 0.600. The zero-order valence-electron chi connectivity index (χ0n) is 12.0. The number of piperazine rings is 1. The van der Waals surface area contributed by atoms with Gasteiger partial charge in [-0.25, -0.2) is 8.78 Å². The van der Waals surface area contributed by atoms with Gasteiger partial charge in [-0.15, -0.1) is 12.4 Å². The maximum atomic E-state index is 13.4. The minimum atomic E-state index is -0.487. The molecule has 1 aromatic carbocycles. The third-order valence-electron chi connectivity index (χ3n) is 3.56. The SMILES string of the molecule is CC(C)C[C@H](c1cc(F)cc(F)c1)N1CCNCC1.Cl. The van der Waals surface area contributed by atoms with Crippen LogP contribution >= 0.6 is 12.4 Å². The van der Waals surface area contributed by atoms with Gasteiger partial charge in [-0.3, -0.25) is 4.90 Å². The zero-order chi connectivity index (χ0) is 13.8. The van der Waals surface area contributed by atoms with Crippen LogP contribution < -0.4 is 5.32 Å². The topological polar surface area (TPSA) is 15.3 Å². The number of nitrogens with zero attached hydrogens (tertiary/aromatic N) is 1. The monoisotopic (exact) mass is 304 g/mol. The molecule has 5 heteroatoms. The summed E-state index contributed by atoms with van der Waals surface area (Å²) in [6.45, 7) is 8.01. The van der Waals surface area contributed by atoms with Gasteiger partial charge in [-0.1, -0.05) is 13.8 Å². The van der Waals surface area contributed by atoms with E-state index >= 15 is 0 Å². The zero-order valence-corrected chi connectivity index (χ0v) is 12.9. The molecule has 0 spiro atoms. The summed E-state index contributed by atoms with van der Waals surface area (Å²) in [5, 5.41) is 3.31. The van der Waals surface area contributed by atoms with E-state index in [9.17, 15) is 8.78 Å². The van der Waals surface area contributed by atoms with Gasteiger partial charge in [-0.2, -0.15) is 0 Å². The number of hydrogen-bond acceptors (Lipinski definition) is 2. The lowest BCUT2D eigenvalue weighted by Gasteiger charge is -2.36. The Morgan fingerprint density at radius 2 is 1.65 bits per heavy atom. The van der Waals surface area contributed by atoms with Gasteiger partial charge < -0.3 is 5.32 Å². The highest BCUT2D eigenvalue weighted by Crippen LogP contribution is 2.29. The van der Waals surface area contributed by atoms with Crippen LogP contribution in [-0.4, -0.2) is 31.1 Å². The van der Waals surface area contributed by atoms with Crippen LogP contribution in [0.2, 0.25) is 0 Å². The van der Waals surface area contributed by atoms with Crippen LogP contribution in [0.5, 0.6) is 0 Å². The highest BCUT2D eigenvalue weighted by atomic mass is 35.5. The first-order valence-corrected chi connectivity index (χ1v) is 6.97. The van der Waals surface area contributed by atoms with Gasteiger partial charge in [-0.05, 0) is 30.0 Å². The molecule has 1 aliphatic rings. The third kappa shape index (κ3) is 4.69. The molecule has 0 saturated carbocycles. The Balaban J connectivity index is 0.00000200.